The Morgan fingerprint density at radius 2 is 2.03 bits per heavy atom. The number of likely N-dealkylation sites (tertiary alicyclic amines) is 1. The number of piperidine rings is 1. The van der Waals surface area contributed by atoms with Crippen LogP contribution in [-0.4, -0.2) is 53.1 Å². The minimum absolute atomic E-state index is 0.0587. The minimum atomic E-state index is -0.574. The molecule has 2 aliphatic carbocycles. The van der Waals surface area contributed by atoms with E-state index in [-0.39, 0.29) is 47.6 Å². The largest absolute Gasteiger partial charge is 0.490 e. The molecule has 9 heteroatoms. The number of aromatic nitrogens is 2. The van der Waals surface area contributed by atoms with Gasteiger partial charge in [0, 0.05) is 30.9 Å². The van der Waals surface area contributed by atoms with Gasteiger partial charge in [0.2, 0.25) is 11.9 Å². The molecule has 1 saturated heterocycles. The second-order valence-electron chi connectivity index (χ2n) is 9.21. The lowest BCUT2D eigenvalue weighted by Crippen LogP contribution is -2.41. The number of hydrogen-bond acceptors (Lipinski definition) is 7. The summed E-state index contributed by atoms with van der Waals surface area (Å²) in [5.74, 6) is -0.0136. The predicted octanol–water partition coefficient (Wildman–Crippen LogP) is 2.92. The number of fused-ring (bicyclic) bond motifs is 2. The van der Waals surface area contributed by atoms with Crippen molar-refractivity contribution in [3.05, 3.63) is 48.4 Å². The molecular weight excluding hydrogens is 423 g/mol. The molecule has 2 bridgehead atoms. The molecule has 4 N–H and O–H groups in total. The summed E-state index contributed by atoms with van der Waals surface area (Å²) in [5.41, 5.74) is 6.37. The molecule has 5 rings (SSSR count). The number of benzene rings is 1. The summed E-state index contributed by atoms with van der Waals surface area (Å²) < 4.78 is 20.7. The molecule has 4 unspecified atom stereocenters. The number of rotatable bonds is 7. The fourth-order valence-electron chi connectivity index (χ4n) is 5.16. The van der Waals surface area contributed by atoms with Crippen LogP contribution in [-0.2, 0) is 4.79 Å². The van der Waals surface area contributed by atoms with E-state index in [2.05, 4.69) is 38.6 Å². The van der Waals surface area contributed by atoms with Crippen LogP contribution in [0.25, 0.3) is 0 Å². The Labute approximate surface area is 192 Å². The lowest BCUT2D eigenvalue weighted by Gasteiger charge is -2.29. The molecule has 2 fully saturated rings. The lowest BCUT2D eigenvalue weighted by molar-refractivity contribution is -0.122. The van der Waals surface area contributed by atoms with Gasteiger partial charge in [0.1, 0.15) is 11.9 Å². The van der Waals surface area contributed by atoms with Gasteiger partial charge in [0.05, 0.1) is 12.1 Å². The first-order chi connectivity index (χ1) is 16.0. The van der Waals surface area contributed by atoms with Crippen LogP contribution in [0, 0.1) is 23.6 Å². The van der Waals surface area contributed by atoms with E-state index in [1.54, 1.807) is 0 Å². The summed E-state index contributed by atoms with van der Waals surface area (Å²) >= 11 is 0. The van der Waals surface area contributed by atoms with Crippen LogP contribution in [0.3, 0.4) is 0 Å². The summed E-state index contributed by atoms with van der Waals surface area (Å²) in [7, 11) is 2.12. The normalized spacial score (nSPS) is 27.0. The number of nitrogens with two attached hydrogens (primary N) is 1. The first kappa shape index (κ1) is 21.6. The highest BCUT2D eigenvalue weighted by Crippen LogP contribution is 2.44. The van der Waals surface area contributed by atoms with Gasteiger partial charge in [-0.3, -0.25) is 4.79 Å². The number of carbonyl (C=O) groups is 1. The van der Waals surface area contributed by atoms with Crippen molar-refractivity contribution in [1.29, 1.82) is 0 Å². The van der Waals surface area contributed by atoms with E-state index >= 15 is 0 Å². The molecule has 1 saturated carbocycles. The number of amides is 1. The first-order valence-corrected chi connectivity index (χ1v) is 11.5. The van der Waals surface area contributed by atoms with E-state index in [1.165, 1.54) is 0 Å². The van der Waals surface area contributed by atoms with Gasteiger partial charge >= 0.3 is 0 Å². The maximum atomic E-state index is 14.5. The molecule has 1 aromatic heterocycles. The second-order valence-corrected chi connectivity index (χ2v) is 9.21. The standard InChI is InChI=1S/C24H29FN6O2/c1-31-9-7-17(8-10-31)33-18-4-2-3-16(12-18)28-24-27-13-19(25)23(30-24)29-21-15-6-5-14(11-15)20(21)22(26)32/h2-6,12-15,17,20-21H,7-11H2,1H3,(H2,26,32)(H2,27,28,29,30). The molecule has 0 radical (unpaired) electrons. The third kappa shape index (κ3) is 4.64. The van der Waals surface area contributed by atoms with Crippen molar-refractivity contribution in [2.75, 3.05) is 30.8 Å². The highest BCUT2D eigenvalue weighted by Gasteiger charge is 2.47. The van der Waals surface area contributed by atoms with E-state index < -0.39 is 5.82 Å². The van der Waals surface area contributed by atoms with Gasteiger partial charge < -0.3 is 26.0 Å². The molecule has 8 nitrogen and oxygen atoms in total. The van der Waals surface area contributed by atoms with E-state index in [0.29, 0.717) is 0 Å². The van der Waals surface area contributed by atoms with Crippen LogP contribution >= 0.6 is 0 Å². The topological polar surface area (TPSA) is 105 Å². The second kappa shape index (κ2) is 8.97. The van der Waals surface area contributed by atoms with Crippen molar-refractivity contribution in [2.45, 2.75) is 31.4 Å². The fraction of sp³-hybridized carbons (Fsp3) is 0.458. The zero-order valence-electron chi connectivity index (χ0n) is 18.6. The van der Waals surface area contributed by atoms with Gasteiger partial charge in [0.25, 0.3) is 0 Å². The average molecular weight is 453 g/mol. The molecule has 174 valence electrons. The zero-order valence-corrected chi connectivity index (χ0v) is 18.6. The monoisotopic (exact) mass is 452 g/mol. The highest BCUT2D eigenvalue weighted by atomic mass is 19.1. The van der Waals surface area contributed by atoms with Gasteiger partial charge in [-0.25, -0.2) is 9.37 Å². The Kier molecular flexibility index (Phi) is 5.88. The molecule has 4 atom stereocenters. The van der Waals surface area contributed by atoms with Crippen molar-refractivity contribution in [2.24, 2.45) is 23.5 Å². The van der Waals surface area contributed by atoms with Crippen LogP contribution in [0.2, 0.25) is 0 Å². The maximum absolute atomic E-state index is 14.5. The van der Waals surface area contributed by atoms with E-state index in [0.717, 1.165) is 50.0 Å². The van der Waals surface area contributed by atoms with Gasteiger partial charge in [-0.15, -0.1) is 0 Å². The number of hydrogen-bond donors (Lipinski definition) is 3. The number of halogens is 1. The van der Waals surface area contributed by atoms with Crippen molar-refractivity contribution in [1.82, 2.24) is 14.9 Å². The number of primary amides is 1. The Hall–Kier alpha value is -3.20. The van der Waals surface area contributed by atoms with Crippen molar-refractivity contribution >= 4 is 23.4 Å². The Morgan fingerprint density at radius 1 is 1.24 bits per heavy atom. The number of carbonyl (C=O) groups excluding carboxylic acids is 1. The molecule has 3 aliphatic rings. The quantitative estimate of drug-likeness (QED) is 0.555. The van der Waals surface area contributed by atoms with Crippen LogP contribution in [0.15, 0.2) is 42.6 Å². The number of ether oxygens (including phenoxy) is 1. The van der Waals surface area contributed by atoms with Crippen LogP contribution in [0.4, 0.5) is 21.8 Å². The summed E-state index contributed by atoms with van der Waals surface area (Å²) in [6.07, 6.45) is 8.25. The molecule has 2 heterocycles. The fourth-order valence-corrected chi connectivity index (χ4v) is 5.16. The Morgan fingerprint density at radius 3 is 2.82 bits per heavy atom. The third-order valence-electron chi connectivity index (χ3n) is 6.89. The van der Waals surface area contributed by atoms with Crippen LogP contribution < -0.4 is 21.1 Å². The molecule has 33 heavy (non-hydrogen) atoms. The van der Waals surface area contributed by atoms with Crippen molar-refractivity contribution in [3.8, 4) is 5.75 Å². The minimum Gasteiger partial charge on any atom is -0.490 e. The summed E-state index contributed by atoms with van der Waals surface area (Å²) in [6.45, 7) is 2.05. The molecular formula is C24H29FN6O2. The van der Waals surface area contributed by atoms with Crippen LogP contribution in [0.1, 0.15) is 19.3 Å². The highest BCUT2D eigenvalue weighted by molar-refractivity contribution is 5.79. The lowest BCUT2D eigenvalue weighted by atomic mass is 9.88. The molecule has 1 aliphatic heterocycles. The number of anilines is 3. The van der Waals surface area contributed by atoms with E-state index in [1.807, 2.05) is 30.3 Å². The van der Waals surface area contributed by atoms with E-state index in [9.17, 15) is 9.18 Å². The third-order valence-corrected chi connectivity index (χ3v) is 6.89. The smallest absolute Gasteiger partial charge is 0.229 e. The maximum Gasteiger partial charge on any atom is 0.229 e. The Balaban J connectivity index is 1.28. The van der Waals surface area contributed by atoms with E-state index in [4.69, 9.17) is 10.5 Å². The SMILES string of the molecule is CN1CCC(Oc2cccc(Nc3ncc(F)c(NC4C5C=CC(C5)C4C(N)=O)n3)c2)CC1. The van der Waals surface area contributed by atoms with Crippen molar-refractivity contribution < 1.29 is 13.9 Å². The number of nitrogens with zero attached hydrogens (tertiary/aromatic N) is 3. The number of nitrogens with one attached hydrogen (secondary N) is 2. The molecule has 0 spiro atoms. The van der Waals surface area contributed by atoms with Gasteiger partial charge in [0.15, 0.2) is 11.6 Å². The summed E-state index contributed by atoms with van der Waals surface area (Å²) in [5, 5.41) is 6.25. The predicted molar refractivity (Wildman–Crippen MR) is 124 cm³/mol. The first-order valence-electron chi connectivity index (χ1n) is 11.5. The number of allylic oxidation sites excluding steroid dienone is 1. The van der Waals surface area contributed by atoms with Crippen LogP contribution in [0.5, 0.6) is 5.75 Å². The van der Waals surface area contributed by atoms with Crippen molar-refractivity contribution in [3.63, 3.8) is 0 Å². The summed E-state index contributed by atoms with van der Waals surface area (Å²) in [6, 6.07) is 7.32. The van der Waals surface area contributed by atoms with Gasteiger partial charge in [-0.05, 0) is 50.3 Å². The summed E-state index contributed by atoms with van der Waals surface area (Å²) in [4.78, 5) is 22.7. The van der Waals surface area contributed by atoms with Gasteiger partial charge in [-0.2, -0.15) is 4.98 Å². The zero-order chi connectivity index (χ0) is 22.9. The Bertz CT molecular complexity index is 1060. The molecule has 1 aromatic carbocycles. The average Bonchev–Trinajstić information content (AvgIpc) is 3.40. The molecule has 2 aromatic rings. The molecule has 1 amide bonds. The van der Waals surface area contributed by atoms with Gasteiger partial charge in [-0.1, -0.05) is 18.2 Å².